The number of hydrogen-bond donors (Lipinski definition) is 0. The summed E-state index contributed by atoms with van der Waals surface area (Å²) >= 11 is 0. The quantitative estimate of drug-likeness (QED) is 0.837. The third-order valence-corrected chi connectivity index (χ3v) is 4.45. The van der Waals surface area contributed by atoms with Gasteiger partial charge in [0, 0.05) is 38.2 Å². The molecule has 5 heteroatoms. The number of benzene rings is 1. The van der Waals surface area contributed by atoms with Crippen LogP contribution in [0, 0.1) is 11.7 Å². The number of carbonyl (C=O) groups excluding carboxylic acids is 2. The van der Waals surface area contributed by atoms with Crippen LogP contribution in [0.15, 0.2) is 24.3 Å². The van der Waals surface area contributed by atoms with Gasteiger partial charge in [0.1, 0.15) is 5.82 Å². The Morgan fingerprint density at radius 3 is 2.39 bits per heavy atom. The van der Waals surface area contributed by atoms with E-state index in [1.54, 1.807) is 4.90 Å². The standard InChI is InChI=1S/C18H25FN2O2/c1-3-4-11-20(2)17(22)15-9-12-21(13-10-15)18(23)14-5-7-16(19)8-6-14/h5-8,15H,3-4,9-13H2,1-2H3. The summed E-state index contributed by atoms with van der Waals surface area (Å²) in [5.74, 6) is -0.238. The lowest BCUT2D eigenvalue weighted by atomic mass is 9.95. The second kappa shape index (κ2) is 8.09. The molecule has 0 atom stereocenters. The van der Waals surface area contributed by atoms with Gasteiger partial charge in [-0.2, -0.15) is 0 Å². The minimum atomic E-state index is -0.346. The highest BCUT2D eigenvalue weighted by Gasteiger charge is 2.29. The van der Waals surface area contributed by atoms with E-state index in [0.29, 0.717) is 31.5 Å². The number of amides is 2. The molecule has 1 aliphatic heterocycles. The summed E-state index contributed by atoms with van der Waals surface area (Å²) in [6, 6.07) is 5.61. The highest BCUT2D eigenvalue weighted by molar-refractivity contribution is 5.94. The van der Waals surface area contributed by atoms with Crippen LogP contribution in [0.1, 0.15) is 43.0 Å². The molecule has 0 bridgehead atoms. The van der Waals surface area contributed by atoms with Gasteiger partial charge < -0.3 is 9.80 Å². The third kappa shape index (κ3) is 4.53. The first kappa shape index (κ1) is 17.4. The Kier molecular flexibility index (Phi) is 6.13. The molecule has 0 unspecified atom stereocenters. The van der Waals surface area contributed by atoms with E-state index in [2.05, 4.69) is 6.92 Å². The zero-order chi connectivity index (χ0) is 16.8. The molecule has 0 saturated carbocycles. The molecule has 1 fully saturated rings. The molecule has 1 aromatic rings. The first-order valence-corrected chi connectivity index (χ1v) is 8.32. The van der Waals surface area contributed by atoms with Crippen molar-refractivity contribution in [1.29, 1.82) is 0 Å². The second-order valence-electron chi connectivity index (χ2n) is 6.19. The predicted molar refractivity (Wildman–Crippen MR) is 87.6 cm³/mol. The molecule has 23 heavy (non-hydrogen) atoms. The first-order chi connectivity index (χ1) is 11.0. The summed E-state index contributed by atoms with van der Waals surface area (Å²) in [6.07, 6.45) is 3.48. The topological polar surface area (TPSA) is 40.6 Å². The van der Waals surface area contributed by atoms with Crippen molar-refractivity contribution in [2.24, 2.45) is 5.92 Å². The number of nitrogens with zero attached hydrogens (tertiary/aromatic N) is 2. The number of halogens is 1. The largest absolute Gasteiger partial charge is 0.346 e. The van der Waals surface area contributed by atoms with E-state index >= 15 is 0 Å². The Hall–Kier alpha value is -1.91. The maximum Gasteiger partial charge on any atom is 0.253 e. The molecule has 0 N–H and O–H groups in total. The summed E-state index contributed by atoms with van der Waals surface area (Å²) < 4.78 is 12.9. The van der Waals surface area contributed by atoms with Crippen LogP contribution in [-0.4, -0.2) is 48.3 Å². The maximum absolute atomic E-state index is 12.9. The first-order valence-electron chi connectivity index (χ1n) is 8.32. The summed E-state index contributed by atoms with van der Waals surface area (Å²) in [4.78, 5) is 28.3. The number of likely N-dealkylation sites (tertiary alicyclic amines) is 1. The van der Waals surface area contributed by atoms with Gasteiger partial charge in [0.25, 0.3) is 5.91 Å². The lowest BCUT2D eigenvalue weighted by molar-refractivity contribution is -0.135. The van der Waals surface area contributed by atoms with Gasteiger partial charge in [-0.25, -0.2) is 4.39 Å². The van der Waals surface area contributed by atoms with Gasteiger partial charge in [0.15, 0.2) is 0 Å². The lowest BCUT2D eigenvalue weighted by Gasteiger charge is -2.33. The van der Waals surface area contributed by atoms with Crippen molar-refractivity contribution in [3.05, 3.63) is 35.6 Å². The van der Waals surface area contributed by atoms with Gasteiger partial charge in [-0.15, -0.1) is 0 Å². The maximum atomic E-state index is 12.9. The van der Waals surface area contributed by atoms with Crippen molar-refractivity contribution in [1.82, 2.24) is 9.80 Å². The molecule has 1 aromatic carbocycles. The van der Waals surface area contributed by atoms with Crippen LogP contribution in [0.3, 0.4) is 0 Å². The molecule has 0 radical (unpaired) electrons. The van der Waals surface area contributed by atoms with E-state index in [1.165, 1.54) is 24.3 Å². The Labute approximate surface area is 137 Å². The van der Waals surface area contributed by atoms with Crippen molar-refractivity contribution in [3.63, 3.8) is 0 Å². The Morgan fingerprint density at radius 1 is 1.22 bits per heavy atom. The average Bonchev–Trinajstić information content (AvgIpc) is 2.59. The SMILES string of the molecule is CCCCN(C)C(=O)C1CCN(C(=O)c2ccc(F)cc2)CC1. The zero-order valence-corrected chi connectivity index (χ0v) is 13.9. The van der Waals surface area contributed by atoms with E-state index in [4.69, 9.17) is 0 Å². The Bertz CT molecular complexity index is 536. The van der Waals surface area contributed by atoms with E-state index in [1.807, 2.05) is 11.9 Å². The van der Waals surface area contributed by atoms with Crippen LogP contribution >= 0.6 is 0 Å². The monoisotopic (exact) mass is 320 g/mol. The normalized spacial score (nSPS) is 15.5. The van der Waals surface area contributed by atoms with Gasteiger partial charge in [-0.05, 0) is 43.5 Å². The fourth-order valence-electron chi connectivity index (χ4n) is 2.92. The van der Waals surface area contributed by atoms with Crippen LogP contribution in [0.25, 0.3) is 0 Å². The minimum absolute atomic E-state index is 0.00845. The van der Waals surface area contributed by atoms with Crippen molar-refractivity contribution in [3.8, 4) is 0 Å². The molecular weight excluding hydrogens is 295 g/mol. The van der Waals surface area contributed by atoms with Gasteiger partial charge in [0.05, 0.1) is 0 Å². The average molecular weight is 320 g/mol. The molecule has 0 spiro atoms. The van der Waals surface area contributed by atoms with Gasteiger partial charge in [-0.3, -0.25) is 9.59 Å². The third-order valence-electron chi connectivity index (χ3n) is 4.45. The summed E-state index contributed by atoms with van der Waals surface area (Å²) in [7, 11) is 1.86. The molecule has 1 heterocycles. The number of unbranched alkanes of at least 4 members (excludes halogenated alkanes) is 1. The van der Waals surface area contributed by atoms with E-state index in [-0.39, 0.29) is 23.5 Å². The number of piperidine rings is 1. The van der Waals surface area contributed by atoms with Crippen LogP contribution in [0.2, 0.25) is 0 Å². The number of hydrogen-bond acceptors (Lipinski definition) is 2. The molecular formula is C18H25FN2O2. The molecule has 0 aromatic heterocycles. The molecule has 2 amide bonds. The Morgan fingerprint density at radius 2 is 1.83 bits per heavy atom. The van der Waals surface area contributed by atoms with Gasteiger partial charge in [-0.1, -0.05) is 13.3 Å². The molecule has 0 aliphatic carbocycles. The van der Waals surface area contributed by atoms with E-state index in [0.717, 1.165) is 19.4 Å². The van der Waals surface area contributed by atoms with Crippen molar-refractivity contribution >= 4 is 11.8 Å². The molecule has 1 aliphatic rings. The predicted octanol–water partition coefficient (Wildman–Crippen LogP) is 2.94. The van der Waals surface area contributed by atoms with Gasteiger partial charge >= 0.3 is 0 Å². The van der Waals surface area contributed by atoms with Gasteiger partial charge in [0.2, 0.25) is 5.91 Å². The van der Waals surface area contributed by atoms with Crippen LogP contribution < -0.4 is 0 Å². The summed E-state index contributed by atoms with van der Waals surface area (Å²) in [5.41, 5.74) is 0.497. The van der Waals surface area contributed by atoms with E-state index < -0.39 is 0 Å². The fourth-order valence-corrected chi connectivity index (χ4v) is 2.92. The zero-order valence-electron chi connectivity index (χ0n) is 13.9. The van der Waals surface area contributed by atoms with Crippen LogP contribution in [-0.2, 0) is 4.79 Å². The molecule has 1 saturated heterocycles. The number of rotatable bonds is 5. The van der Waals surface area contributed by atoms with Crippen molar-refractivity contribution < 1.29 is 14.0 Å². The van der Waals surface area contributed by atoms with Crippen molar-refractivity contribution in [2.75, 3.05) is 26.7 Å². The smallest absolute Gasteiger partial charge is 0.253 e. The summed E-state index contributed by atoms with van der Waals surface area (Å²) in [5, 5.41) is 0. The molecule has 4 nitrogen and oxygen atoms in total. The molecule has 2 rings (SSSR count). The highest BCUT2D eigenvalue weighted by atomic mass is 19.1. The van der Waals surface area contributed by atoms with Crippen LogP contribution in [0.4, 0.5) is 4.39 Å². The van der Waals surface area contributed by atoms with E-state index in [9.17, 15) is 14.0 Å². The Balaban J connectivity index is 1.87. The highest BCUT2D eigenvalue weighted by Crippen LogP contribution is 2.21. The minimum Gasteiger partial charge on any atom is -0.346 e. The fraction of sp³-hybridized carbons (Fsp3) is 0.556. The summed E-state index contributed by atoms with van der Waals surface area (Å²) in [6.45, 7) is 4.06. The van der Waals surface area contributed by atoms with Crippen molar-refractivity contribution in [2.45, 2.75) is 32.6 Å². The molecule has 126 valence electrons. The lowest BCUT2D eigenvalue weighted by Crippen LogP contribution is -2.43. The second-order valence-corrected chi connectivity index (χ2v) is 6.19. The number of carbonyl (C=O) groups is 2. The van der Waals surface area contributed by atoms with Crippen LogP contribution in [0.5, 0.6) is 0 Å².